The molecule has 1 aromatic heterocycles. The third kappa shape index (κ3) is 3.55. The van der Waals surface area contributed by atoms with Crippen molar-refractivity contribution < 1.29 is 9.18 Å². The van der Waals surface area contributed by atoms with Gasteiger partial charge in [-0.3, -0.25) is 9.69 Å². The van der Waals surface area contributed by atoms with E-state index in [9.17, 15) is 9.18 Å². The molecule has 1 spiro atoms. The van der Waals surface area contributed by atoms with Gasteiger partial charge >= 0.3 is 0 Å². The summed E-state index contributed by atoms with van der Waals surface area (Å²) >= 11 is 1.58. The number of thiophene rings is 1. The van der Waals surface area contributed by atoms with Crippen LogP contribution in [0.5, 0.6) is 0 Å². The monoisotopic (exact) mass is 372 g/mol. The highest BCUT2D eigenvalue weighted by molar-refractivity contribution is 7.13. The molecule has 3 nitrogen and oxygen atoms in total. The Morgan fingerprint density at radius 2 is 2.00 bits per heavy atom. The molecule has 4 rings (SSSR count). The molecule has 26 heavy (non-hydrogen) atoms. The number of carbonyl (C=O) groups excluding carboxylic acids is 1. The highest BCUT2D eigenvalue weighted by Crippen LogP contribution is 2.40. The van der Waals surface area contributed by atoms with E-state index in [1.807, 2.05) is 36.1 Å². The Morgan fingerprint density at radius 3 is 2.77 bits per heavy atom. The first kappa shape index (κ1) is 17.7. The van der Waals surface area contributed by atoms with Crippen molar-refractivity contribution in [2.24, 2.45) is 5.41 Å². The van der Waals surface area contributed by atoms with Crippen LogP contribution in [0.2, 0.25) is 0 Å². The van der Waals surface area contributed by atoms with E-state index in [1.165, 1.54) is 10.9 Å². The predicted molar refractivity (Wildman–Crippen MR) is 103 cm³/mol. The first-order valence-electron chi connectivity index (χ1n) is 9.36. The van der Waals surface area contributed by atoms with Crippen molar-refractivity contribution in [2.75, 3.05) is 26.2 Å². The molecule has 0 bridgehead atoms. The Kier molecular flexibility index (Phi) is 4.84. The third-order valence-electron chi connectivity index (χ3n) is 5.77. The fourth-order valence-electron chi connectivity index (χ4n) is 4.46. The Labute approximate surface area is 158 Å². The second kappa shape index (κ2) is 7.12. The number of hydrogen-bond acceptors (Lipinski definition) is 3. The molecule has 1 atom stereocenters. The van der Waals surface area contributed by atoms with E-state index in [2.05, 4.69) is 4.90 Å². The second-order valence-electron chi connectivity index (χ2n) is 7.79. The molecular weight excluding hydrogens is 347 g/mol. The Balaban J connectivity index is 1.42. The summed E-state index contributed by atoms with van der Waals surface area (Å²) in [4.78, 5) is 19.2. The van der Waals surface area contributed by atoms with Gasteiger partial charge in [0.2, 0.25) is 0 Å². The van der Waals surface area contributed by atoms with Crippen molar-refractivity contribution in [3.8, 4) is 0 Å². The summed E-state index contributed by atoms with van der Waals surface area (Å²) in [6.45, 7) is 6.32. The number of aryl methyl sites for hydroxylation is 1. The minimum absolute atomic E-state index is 0.122. The van der Waals surface area contributed by atoms with E-state index >= 15 is 0 Å². The van der Waals surface area contributed by atoms with E-state index in [4.69, 9.17) is 0 Å². The van der Waals surface area contributed by atoms with Gasteiger partial charge in [0.05, 0.1) is 4.88 Å². The number of piperidine rings is 1. The maximum atomic E-state index is 14.0. The molecule has 0 aliphatic carbocycles. The highest BCUT2D eigenvalue weighted by atomic mass is 32.1. The fourth-order valence-corrected chi connectivity index (χ4v) is 5.29. The van der Waals surface area contributed by atoms with Crippen LogP contribution in [0.15, 0.2) is 36.4 Å². The molecule has 2 saturated heterocycles. The summed E-state index contributed by atoms with van der Waals surface area (Å²) in [6.07, 6.45) is 3.33. The standard InChI is InChI=1S/C21H25FN2OS/c1-16-7-8-19(26-16)20(25)24-12-10-21(15-24)9-4-11-23(14-21)13-17-5-2-3-6-18(17)22/h2-3,5-8H,4,9-15H2,1H3. The van der Waals surface area contributed by atoms with Crippen LogP contribution in [0.1, 0.15) is 39.4 Å². The average Bonchev–Trinajstić information content (AvgIpc) is 3.23. The van der Waals surface area contributed by atoms with Gasteiger partial charge in [0, 0.05) is 42.0 Å². The van der Waals surface area contributed by atoms with Crippen molar-refractivity contribution in [1.29, 1.82) is 0 Å². The molecule has 5 heteroatoms. The summed E-state index contributed by atoms with van der Waals surface area (Å²) < 4.78 is 14.0. The topological polar surface area (TPSA) is 23.6 Å². The summed E-state index contributed by atoms with van der Waals surface area (Å²) in [7, 11) is 0. The first-order chi connectivity index (χ1) is 12.5. The average molecular weight is 373 g/mol. The zero-order valence-electron chi connectivity index (χ0n) is 15.2. The second-order valence-corrected chi connectivity index (χ2v) is 9.08. The maximum absolute atomic E-state index is 14.0. The van der Waals surface area contributed by atoms with Crippen LogP contribution in [-0.2, 0) is 6.54 Å². The Morgan fingerprint density at radius 1 is 1.15 bits per heavy atom. The van der Waals surface area contributed by atoms with E-state index in [1.54, 1.807) is 17.4 Å². The van der Waals surface area contributed by atoms with Crippen LogP contribution < -0.4 is 0 Å². The van der Waals surface area contributed by atoms with Gasteiger partial charge in [-0.05, 0) is 50.9 Å². The number of hydrogen-bond donors (Lipinski definition) is 0. The molecule has 2 fully saturated rings. The number of nitrogens with zero attached hydrogens (tertiary/aromatic N) is 2. The van der Waals surface area contributed by atoms with Gasteiger partial charge in [-0.1, -0.05) is 18.2 Å². The van der Waals surface area contributed by atoms with Crippen LogP contribution in [0, 0.1) is 18.2 Å². The highest BCUT2D eigenvalue weighted by Gasteiger charge is 2.43. The van der Waals surface area contributed by atoms with Gasteiger partial charge in [-0.15, -0.1) is 11.3 Å². The quantitative estimate of drug-likeness (QED) is 0.801. The molecule has 1 aromatic carbocycles. The van der Waals surface area contributed by atoms with E-state index in [0.717, 1.165) is 55.9 Å². The van der Waals surface area contributed by atoms with Gasteiger partial charge < -0.3 is 4.90 Å². The van der Waals surface area contributed by atoms with E-state index in [0.29, 0.717) is 6.54 Å². The molecule has 3 heterocycles. The largest absolute Gasteiger partial charge is 0.337 e. The maximum Gasteiger partial charge on any atom is 0.263 e. The number of carbonyl (C=O) groups is 1. The third-order valence-corrected chi connectivity index (χ3v) is 6.76. The molecule has 2 aromatic rings. The van der Waals surface area contributed by atoms with Crippen molar-refractivity contribution >= 4 is 17.2 Å². The number of benzene rings is 1. The molecule has 0 N–H and O–H groups in total. The van der Waals surface area contributed by atoms with Crippen molar-refractivity contribution in [2.45, 2.75) is 32.7 Å². The molecule has 2 aliphatic heterocycles. The molecule has 138 valence electrons. The lowest BCUT2D eigenvalue weighted by atomic mass is 9.79. The summed E-state index contributed by atoms with van der Waals surface area (Å²) in [5.74, 6) is 0.0506. The van der Waals surface area contributed by atoms with Gasteiger partial charge in [0.15, 0.2) is 0 Å². The SMILES string of the molecule is Cc1ccc(C(=O)N2CCC3(CCCN(Cc4ccccc4F)C3)C2)s1. The van der Waals surface area contributed by atoms with Crippen LogP contribution in [-0.4, -0.2) is 41.9 Å². The minimum atomic E-state index is -0.122. The lowest BCUT2D eigenvalue weighted by Crippen LogP contribution is -2.45. The van der Waals surface area contributed by atoms with Gasteiger partial charge in [-0.25, -0.2) is 4.39 Å². The molecule has 1 unspecified atom stereocenters. The van der Waals surface area contributed by atoms with Gasteiger partial charge in [-0.2, -0.15) is 0 Å². The van der Waals surface area contributed by atoms with Gasteiger partial charge in [0.1, 0.15) is 5.82 Å². The minimum Gasteiger partial charge on any atom is -0.337 e. The number of amides is 1. The van der Waals surface area contributed by atoms with Crippen LogP contribution >= 0.6 is 11.3 Å². The van der Waals surface area contributed by atoms with Crippen LogP contribution in [0.4, 0.5) is 4.39 Å². The van der Waals surface area contributed by atoms with Crippen molar-refractivity contribution in [3.63, 3.8) is 0 Å². The zero-order valence-corrected chi connectivity index (χ0v) is 16.0. The van der Waals surface area contributed by atoms with E-state index < -0.39 is 0 Å². The Bertz CT molecular complexity index is 805. The summed E-state index contributed by atoms with van der Waals surface area (Å²) in [5, 5.41) is 0. The van der Waals surface area contributed by atoms with Crippen molar-refractivity contribution in [1.82, 2.24) is 9.80 Å². The summed E-state index contributed by atoms with van der Waals surface area (Å²) in [6, 6.07) is 11.0. The molecule has 0 saturated carbocycles. The zero-order chi connectivity index (χ0) is 18.1. The normalized spacial score (nSPS) is 23.7. The molecule has 2 aliphatic rings. The summed E-state index contributed by atoms with van der Waals surface area (Å²) in [5.41, 5.74) is 0.940. The van der Waals surface area contributed by atoms with Crippen LogP contribution in [0.25, 0.3) is 0 Å². The van der Waals surface area contributed by atoms with Gasteiger partial charge in [0.25, 0.3) is 5.91 Å². The number of likely N-dealkylation sites (tertiary alicyclic amines) is 2. The van der Waals surface area contributed by atoms with Crippen molar-refractivity contribution in [3.05, 3.63) is 57.5 Å². The van der Waals surface area contributed by atoms with Crippen LogP contribution in [0.3, 0.4) is 0 Å². The molecule has 1 amide bonds. The Hall–Kier alpha value is -1.72. The molecular formula is C21H25FN2OS. The molecule has 0 radical (unpaired) electrons. The fraction of sp³-hybridized carbons (Fsp3) is 0.476. The lowest BCUT2D eigenvalue weighted by molar-refractivity contribution is 0.0677. The predicted octanol–water partition coefficient (Wildman–Crippen LogP) is 4.32. The smallest absolute Gasteiger partial charge is 0.263 e. The lowest BCUT2D eigenvalue weighted by Gasteiger charge is -2.40. The first-order valence-corrected chi connectivity index (χ1v) is 10.2. The number of rotatable bonds is 3. The number of halogens is 1. The van der Waals surface area contributed by atoms with E-state index in [-0.39, 0.29) is 17.1 Å².